The summed E-state index contributed by atoms with van der Waals surface area (Å²) in [6, 6.07) is 19.9. The Hall–Kier alpha value is -3.49. The zero-order valence-electron chi connectivity index (χ0n) is 19.0. The largest absolute Gasteiger partial charge is 0.322 e. The van der Waals surface area contributed by atoms with Crippen molar-refractivity contribution in [2.75, 3.05) is 17.7 Å². The van der Waals surface area contributed by atoms with Gasteiger partial charge in [0.15, 0.2) is 0 Å². The van der Waals surface area contributed by atoms with E-state index in [0.29, 0.717) is 16.9 Å². The molecule has 0 bridgehead atoms. The van der Waals surface area contributed by atoms with Gasteiger partial charge < -0.3 is 10.6 Å². The molecule has 0 aliphatic rings. The maximum absolute atomic E-state index is 12.6. The summed E-state index contributed by atoms with van der Waals surface area (Å²) < 4.78 is 26.2. The number of anilines is 2. The molecule has 2 amide bonds. The molecule has 8 heteroatoms. The van der Waals surface area contributed by atoms with Crippen LogP contribution in [0.5, 0.6) is 0 Å². The second kappa shape index (κ2) is 9.56. The summed E-state index contributed by atoms with van der Waals surface area (Å²) in [5.74, 6) is -0.728. The number of hydrogen-bond donors (Lipinski definition) is 3. The van der Waals surface area contributed by atoms with E-state index in [2.05, 4.69) is 36.1 Å². The topological polar surface area (TPSA) is 104 Å². The van der Waals surface area contributed by atoms with Crippen molar-refractivity contribution in [3.63, 3.8) is 0 Å². The van der Waals surface area contributed by atoms with Crippen molar-refractivity contribution in [3.05, 3.63) is 89.5 Å². The summed E-state index contributed by atoms with van der Waals surface area (Å²) in [6.07, 6.45) is 0. The van der Waals surface area contributed by atoms with E-state index in [4.69, 9.17) is 0 Å². The Labute approximate surface area is 194 Å². The van der Waals surface area contributed by atoms with Crippen molar-refractivity contribution in [1.29, 1.82) is 0 Å². The van der Waals surface area contributed by atoms with Gasteiger partial charge in [-0.05, 0) is 66.6 Å². The van der Waals surface area contributed by atoms with Gasteiger partial charge in [0.25, 0.3) is 11.8 Å². The van der Waals surface area contributed by atoms with Gasteiger partial charge in [-0.2, -0.15) is 0 Å². The van der Waals surface area contributed by atoms with Crippen LogP contribution in [0.1, 0.15) is 47.1 Å². The van der Waals surface area contributed by atoms with Crippen LogP contribution in [0.25, 0.3) is 0 Å². The fourth-order valence-corrected chi connectivity index (χ4v) is 3.90. The maximum Gasteiger partial charge on any atom is 0.255 e. The fourth-order valence-electron chi connectivity index (χ4n) is 3.13. The highest BCUT2D eigenvalue weighted by atomic mass is 32.2. The van der Waals surface area contributed by atoms with Gasteiger partial charge in [-0.15, -0.1) is 0 Å². The van der Waals surface area contributed by atoms with Gasteiger partial charge in [0.1, 0.15) is 0 Å². The molecule has 0 heterocycles. The number of carbonyl (C=O) groups excluding carboxylic acids is 2. The summed E-state index contributed by atoms with van der Waals surface area (Å²) in [6.45, 7) is 6.33. The van der Waals surface area contributed by atoms with E-state index < -0.39 is 15.9 Å². The van der Waals surface area contributed by atoms with Crippen molar-refractivity contribution in [2.24, 2.45) is 0 Å². The molecule has 0 spiro atoms. The van der Waals surface area contributed by atoms with Gasteiger partial charge in [-0.1, -0.05) is 45.0 Å². The average Bonchev–Trinajstić information content (AvgIpc) is 2.79. The van der Waals surface area contributed by atoms with E-state index >= 15 is 0 Å². The molecule has 0 radical (unpaired) electrons. The van der Waals surface area contributed by atoms with Crippen molar-refractivity contribution in [3.8, 4) is 0 Å². The van der Waals surface area contributed by atoms with Crippen molar-refractivity contribution in [2.45, 2.75) is 31.1 Å². The Morgan fingerprint density at radius 3 is 1.82 bits per heavy atom. The van der Waals surface area contributed by atoms with Crippen LogP contribution in [-0.4, -0.2) is 27.3 Å². The van der Waals surface area contributed by atoms with Gasteiger partial charge in [0.2, 0.25) is 10.0 Å². The predicted octanol–water partition coefficient (Wildman–Crippen LogP) is 4.40. The third kappa shape index (κ3) is 6.06. The second-order valence-corrected chi connectivity index (χ2v) is 10.4. The van der Waals surface area contributed by atoms with Crippen LogP contribution >= 0.6 is 0 Å². The summed E-state index contributed by atoms with van der Waals surface area (Å²) in [7, 11) is -2.36. The van der Waals surface area contributed by atoms with Crippen LogP contribution in [0, 0.1) is 0 Å². The van der Waals surface area contributed by atoms with Crippen LogP contribution < -0.4 is 15.4 Å². The number of benzene rings is 3. The number of hydrogen-bond acceptors (Lipinski definition) is 4. The van der Waals surface area contributed by atoms with Crippen molar-refractivity contribution in [1.82, 2.24) is 4.72 Å². The quantitative estimate of drug-likeness (QED) is 0.502. The van der Waals surface area contributed by atoms with Gasteiger partial charge in [-0.3, -0.25) is 9.59 Å². The first-order valence-electron chi connectivity index (χ1n) is 10.4. The van der Waals surface area contributed by atoms with Crippen molar-refractivity contribution >= 4 is 33.2 Å². The molecule has 0 fully saturated rings. The Morgan fingerprint density at radius 1 is 0.727 bits per heavy atom. The summed E-state index contributed by atoms with van der Waals surface area (Å²) in [5, 5.41) is 5.56. The predicted molar refractivity (Wildman–Crippen MR) is 130 cm³/mol. The first-order chi connectivity index (χ1) is 15.5. The molecule has 172 valence electrons. The molecule has 3 rings (SSSR count). The summed E-state index contributed by atoms with van der Waals surface area (Å²) in [4.78, 5) is 25.3. The molecule has 0 atom stereocenters. The highest BCUT2D eigenvalue weighted by Crippen LogP contribution is 2.23. The first kappa shape index (κ1) is 24.2. The van der Waals surface area contributed by atoms with E-state index in [-0.39, 0.29) is 21.8 Å². The zero-order chi connectivity index (χ0) is 24.2. The van der Waals surface area contributed by atoms with Crippen LogP contribution in [0.4, 0.5) is 11.4 Å². The fraction of sp³-hybridized carbons (Fsp3) is 0.200. The Balaban J connectivity index is 1.72. The van der Waals surface area contributed by atoms with Gasteiger partial charge in [0, 0.05) is 22.5 Å². The number of nitrogens with one attached hydrogen (secondary N) is 3. The lowest BCUT2D eigenvalue weighted by atomic mass is 9.87. The minimum absolute atomic E-state index is 0.00169. The summed E-state index contributed by atoms with van der Waals surface area (Å²) >= 11 is 0. The van der Waals surface area contributed by atoms with Crippen LogP contribution in [0.2, 0.25) is 0 Å². The van der Waals surface area contributed by atoms with E-state index in [1.807, 2.05) is 12.1 Å². The molecule has 3 aromatic rings. The Bertz CT molecular complexity index is 1280. The van der Waals surface area contributed by atoms with Gasteiger partial charge in [-0.25, -0.2) is 13.1 Å². The molecular weight excluding hydrogens is 438 g/mol. The van der Waals surface area contributed by atoms with E-state index in [9.17, 15) is 18.0 Å². The number of sulfonamides is 1. The van der Waals surface area contributed by atoms with Crippen LogP contribution in [0.3, 0.4) is 0 Å². The summed E-state index contributed by atoms with van der Waals surface area (Å²) in [5.41, 5.74) is 2.83. The number of rotatable bonds is 6. The number of amides is 2. The third-order valence-electron chi connectivity index (χ3n) is 5.07. The molecule has 0 aliphatic carbocycles. The molecule has 7 nitrogen and oxygen atoms in total. The lowest BCUT2D eigenvalue weighted by Gasteiger charge is -2.19. The Kier molecular flexibility index (Phi) is 7.00. The molecule has 0 aliphatic heterocycles. The van der Waals surface area contributed by atoms with E-state index in [0.717, 1.165) is 5.56 Å². The molecule has 0 saturated carbocycles. The minimum atomic E-state index is -3.66. The standard InChI is InChI=1S/C25H27N3O4S/c1-25(2,3)19-13-11-17(12-14-19)23(29)27-20-8-6-9-21(16-20)28-24(30)18-7-5-10-22(15-18)33(31,32)26-4/h5-16,26H,1-4H3,(H,27,29)(H,28,30). The minimum Gasteiger partial charge on any atom is -0.322 e. The highest BCUT2D eigenvalue weighted by Gasteiger charge is 2.16. The molecule has 0 aromatic heterocycles. The van der Waals surface area contributed by atoms with Crippen LogP contribution in [0.15, 0.2) is 77.7 Å². The molecule has 0 unspecified atom stereocenters. The molecular formula is C25H27N3O4S. The highest BCUT2D eigenvalue weighted by molar-refractivity contribution is 7.89. The molecule has 33 heavy (non-hydrogen) atoms. The van der Waals surface area contributed by atoms with E-state index in [1.165, 1.54) is 31.3 Å². The molecule has 3 N–H and O–H groups in total. The smallest absolute Gasteiger partial charge is 0.255 e. The zero-order valence-corrected chi connectivity index (χ0v) is 19.8. The SMILES string of the molecule is CNS(=O)(=O)c1cccc(C(=O)Nc2cccc(NC(=O)c3ccc(C(C)(C)C)cc3)c2)c1. The monoisotopic (exact) mass is 465 g/mol. The van der Waals surface area contributed by atoms with Crippen molar-refractivity contribution < 1.29 is 18.0 Å². The Morgan fingerprint density at radius 2 is 1.27 bits per heavy atom. The third-order valence-corrected chi connectivity index (χ3v) is 6.48. The lowest BCUT2D eigenvalue weighted by molar-refractivity contribution is 0.101. The first-order valence-corrected chi connectivity index (χ1v) is 11.8. The van der Waals surface area contributed by atoms with Crippen LogP contribution in [-0.2, 0) is 15.4 Å². The molecule has 3 aromatic carbocycles. The number of carbonyl (C=O) groups is 2. The average molecular weight is 466 g/mol. The van der Waals surface area contributed by atoms with E-state index in [1.54, 1.807) is 36.4 Å². The van der Waals surface area contributed by atoms with Gasteiger partial charge in [0.05, 0.1) is 4.90 Å². The lowest BCUT2D eigenvalue weighted by Crippen LogP contribution is -2.19. The van der Waals surface area contributed by atoms with Gasteiger partial charge >= 0.3 is 0 Å². The molecule has 0 saturated heterocycles. The maximum atomic E-state index is 12.6. The normalized spacial score (nSPS) is 11.6. The second-order valence-electron chi connectivity index (χ2n) is 8.55.